The van der Waals surface area contributed by atoms with Gasteiger partial charge < -0.3 is 15.5 Å². The summed E-state index contributed by atoms with van der Waals surface area (Å²) in [5.74, 6) is 0.552. The van der Waals surface area contributed by atoms with Gasteiger partial charge in [-0.25, -0.2) is 4.98 Å². The predicted molar refractivity (Wildman–Crippen MR) is 141 cm³/mol. The molecule has 0 atom stereocenters. The Balaban J connectivity index is 1.51. The van der Waals surface area contributed by atoms with Crippen LogP contribution in [0, 0.1) is 6.92 Å². The molecule has 3 aromatic rings. The molecule has 0 radical (unpaired) electrons. The van der Waals surface area contributed by atoms with Crippen LogP contribution in [-0.4, -0.2) is 53.2 Å². The quantitative estimate of drug-likeness (QED) is 0.435. The molecule has 1 aliphatic heterocycles. The number of carbonyl (C=O) groups is 1. The van der Waals surface area contributed by atoms with Crippen molar-refractivity contribution >= 4 is 22.9 Å². The maximum atomic E-state index is 12.9. The molecule has 4 rings (SSSR count). The van der Waals surface area contributed by atoms with E-state index in [1.165, 1.54) is 25.7 Å². The third-order valence-electron chi connectivity index (χ3n) is 6.53. The lowest BCUT2D eigenvalue weighted by atomic mass is 10.1. The number of nitrogens with one attached hydrogen (secondary N) is 2. The van der Waals surface area contributed by atoms with Gasteiger partial charge in [0.2, 0.25) is 5.95 Å². The van der Waals surface area contributed by atoms with E-state index in [4.69, 9.17) is 9.97 Å². The normalized spacial score (nSPS) is 13.8. The maximum Gasteiger partial charge on any atom is 0.256 e. The van der Waals surface area contributed by atoms with Crippen molar-refractivity contribution in [3.8, 4) is 5.69 Å². The minimum Gasteiger partial charge on any atom is -0.352 e. The van der Waals surface area contributed by atoms with Crippen LogP contribution in [0.4, 0.5) is 5.95 Å². The lowest BCUT2D eigenvalue weighted by Gasteiger charge is -2.28. The molecule has 0 unspecified atom stereocenters. The van der Waals surface area contributed by atoms with Gasteiger partial charge in [0.25, 0.3) is 11.5 Å². The Morgan fingerprint density at radius 3 is 2.43 bits per heavy atom. The van der Waals surface area contributed by atoms with Crippen LogP contribution < -0.4 is 21.1 Å². The van der Waals surface area contributed by atoms with E-state index in [9.17, 15) is 9.59 Å². The molecule has 2 N–H and O–H groups in total. The van der Waals surface area contributed by atoms with Crippen molar-refractivity contribution in [2.45, 2.75) is 52.4 Å². The zero-order valence-corrected chi connectivity index (χ0v) is 20.8. The molecule has 2 aromatic heterocycles. The van der Waals surface area contributed by atoms with Crippen LogP contribution in [0.1, 0.15) is 61.5 Å². The number of hydrogen-bond acceptors (Lipinski definition) is 6. The number of anilines is 1. The van der Waals surface area contributed by atoms with Crippen LogP contribution in [0.3, 0.4) is 0 Å². The summed E-state index contributed by atoms with van der Waals surface area (Å²) in [7, 11) is 0. The molecule has 1 aromatic carbocycles. The monoisotopic (exact) mass is 476 g/mol. The number of aromatic nitrogens is 3. The van der Waals surface area contributed by atoms with Gasteiger partial charge in [0, 0.05) is 49.7 Å². The molecule has 1 fully saturated rings. The van der Waals surface area contributed by atoms with Gasteiger partial charge in [-0.1, -0.05) is 39.0 Å². The first kappa shape index (κ1) is 24.9. The largest absolute Gasteiger partial charge is 0.352 e. The Labute approximate surface area is 206 Å². The van der Waals surface area contributed by atoms with Crippen LogP contribution in [0.5, 0.6) is 0 Å². The maximum absolute atomic E-state index is 12.9. The van der Waals surface area contributed by atoms with Crippen molar-refractivity contribution in [2.24, 2.45) is 0 Å². The molecule has 186 valence electrons. The topological polar surface area (TPSA) is 92.2 Å². The average Bonchev–Trinajstić information content (AvgIpc) is 2.88. The Kier molecular flexibility index (Phi) is 8.47. The van der Waals surface area contributed by atoms with Crippen LogP contribution in [-0.2, 0) is 0 Å². The van der Waals surface area contributed by atoms with Crippen molar-refractivity contribution in [1.82, 2.24) is 25.2 Å². The van der Waals surface area contributed by atoms with Gasteiger partial charge in [-0.3, -0.25) is 14.2 Å². The molecular weight excluding hydrogens is 440 g/mol. The number of benzene rings is 1. The zero-order chi connectivity index (χ0) is 24.6. The summed E-state index contributed by atoms with van der Waals surface area (Å²) in [6.07, 6.45) is 7.13. The summed E-state index contributed by atoms with van der Waals surface area (Å²) in [6, 6.07) is 10.5. The van der Waals surface area contributed by atoms with E-state index in [2.05, 4.69) is 22.5 Å². The van der Waals surface area contributed by atoms with E-state index in [0.717, 1.165) is 50.1 Å². The molecular formula is C27H36N6O2. The van der Waals surface area contributed by atoms with E-state index in [1.807, 2.05) is 19.1 Å². The Morgan fingerprint density at radius 1 is 0.971 bits per heavy atom. The van der Waals surface area contributed by atoms with Crippen LogP contribution in [0.25, 0.3) is 16.7 Å². The Bertz CT molecular complexity index is 1200. The first-order chi connectivity index (χ1) is 17.1. The summed E-state index contributed by atoms with van der Waals surface area (Å²) < 4.78 is 1.60. The molecule has 3 heterocycles. The van der Waals surface area contributed by atoms with Crippen molar-refractivity contribution in [3.05, 3.63) is 58.0 Å². The summed E-state index contributed by atoms with van der Waals surface area (Å²) in [5.41, 5.74) is 2.52. The molecule has 0 aliphatic carbocycles. The SMILES string of the molecule is CCCCCCCCNC(=O)c1ccc(-n2c(=O)ccc3c(C)nc(N4CCNCC4)nc32)cc1. The van der Waals surface area contributed by atoms with Crippen LogP contribution in [0.2, 0.25) is 0 Å². The molecule has 0 bridgehead atoms. The number of aryl methyl sites for hydroxylation is 1. The Morgan fingerprint density at radius 2 is 1.69 bits per heavy atom. The van der Waals surface area contributed by atoms with Crippen LogP contribution in [0.15, 0.2) is 41.2 Å². The van der Waals surface area contributed by atoms with Gasteiger partial charge in [-0.2, -0.15) is 4.98 Å². The Hall–Kier alpha value is -3.26. The van der Waals surface area contributed by atoms with Crippen molar-refractivity contribution in [3.63, 3.8) is 0 Å². The number of pyridine rings is 1. The lowest BCUT2D eigenvalue weighted by molar-refractivity contribution is 0.0953. The molecule has 8 heteroatoms. The van der Waals surface area contributed by atoms with Gasteiger partial charge in [-0.15, -0.1) is 0 Å². The van der Waals surface area contributed by atoms with E-state index in [0.29, 0.717) is 29.4 Å². The first-order valence-corrected chi connectivity index (χ1v) is 12.8. The van der Waals surface area contributed by atoms with Gasteiger partial charge in [-0.05, 0) is 43.7 Å². The van der Waals surface area contributed by atoms with Gasteiger partial charge in [0.05, 0.1) is 11.4 Å². The van der Waals surface area contributed by atoms with E-state index >= 15 is 0 Å². The summed E-state index contributed by atoms with van der Waals surface area (Å²) in [5, 5.41) is 7.18. The third kappa shape index (κ3) is 6.06. The second-order valence-corrected chi connectivity index (χ2v) is 9.16. The number of rotatable bonds is 10. The number of hydrogen-bond donors (Lipinski definition) is 2. The fourth-order valence-electron chi connectivity index (χ4n) is 4.48. The molecule has 0 saturated carbocycles. The van der Waals surface area contributed by atoms with E-state index in [-0.39, 0.29) is 11.5 Å². The number of nitrogens with zero attached hydrogens (tertiary/aromatic N) is 4. The molecule has 1 amide bonds. The molecule has 35 heavy (non-hydrogen) atoms. The predicted octanol–water partition coefficient (Wildman–Crippen LogP) is 3.59. The highest BCUT2D eigenvalue weighted by Gasteiger charge is 2.17. The summed E-state index contributed by atoms with van der Waals surface area (Å²) in [6.45, 7) is 8.24. The second-order valence-electron chi connectivity index (χ2n) is 9.16. The van der Waals surface area contributed by atoms with Crippen LogP contribution >= 0.6 is 0 Å². The average molecular weight is 477 g/mol. The number of carbonyl (C=O) groups excluding carboxylic acids is 1. The molecule has 8 nitrogen and oxygen atoms in total. The zero-order valence-electron chi connectivity index (χ0n) is 20.8. The molecule has 1 aliphatic rings. The summed E-state index contributed by atoms with van der Waals surface area (Å²) in [4.78, 5) is 37.1. The standard InChI is InChI=1S/C27H36N6O2/c1-3-4-5-6-7-8-15-29-26(35)21-9-11-22(12-10-21)33-24(34)14-13-23-20(2)30-27(31-25(23)33)32-18-16-28-17-19-32/h9-14,28H,3-8,15-19H2,1-2H3,(H,29,35). The summed E-state index contributed by atoms with van der Waals surface area (Å²) >= 11 is 0. The fourth-order valence-corrected chi connectivity index (χ4v) is 4.48. The highest BCUT2D eigenvalue weighted by atomic mass is 16.1. The number of piperazine rings is 1. The minimum absolute atomic E-state index is 0.0884. The highest BCUT2D eigenvalue weighted by Crippen LogP contribution is 2.21. The third-order valence-corrected chi connectivity index (χ3v) is 6.53. The molecule has 0 spiro atoms. The van der Waals surface area contributed by atoms with Gasteiger partial charge in [0.15, 0.2) is 5.65 Å². The van der Waals surface area contributed by atoms with E-state index < -0.39 is 0 Å². The minimum atomic E-state index is -0.165. The molecule has 1 saturated heterocycles. The smallest absolute Gasteiger partial charge is 0.256 e. The van der Waals surface area contributed by atoms with Crippen molar-refractivity contribution < 1.29 is 4.79 Å². The number of amides is 1. The fraction of sp³-hybridized carbons (Fsp3) is 0.481. The highest BCUT2D eigenvalue weighted by molar-refractivity contribution is 5.94. The number of unbranched alkanes of at least 4 members (excludes halogenated alkanes) is 5. The van der Waals surface area contributed by atoms with Gasteiger partial charge >= 0.3 is 0 Å². The van der Waals surface area contributed by atoms with E-state index in [1.54, 1.807) is 28.8 Å². The van der Waals surface area contributed by atoms with Crippen molar-refractivity contribution in [1.29, 1.82) is 0 Å². The number of fused-ring (bicyclic) bond motifs is 1. The van der Waals surface area contributed by atoms with Gasteiger partial charge in [0.1, 0.15) is 0 Å². The first-order valence-electron chi connectivity index (χ1n) is 12.8. The second kappa shape index (κ2) is 11.9. The lowest BCUT2D eigenvalue weighted by Crippen LogP contribution is -2.44. The van der Waals surface area contributed by atoms with Crippen molar-refractivity contribution in [2.75, 3.05) is 37.6 Å².